The quantitative estimate of drug-likeness (QED) is 0.741. The molecule has 0 unspecified atom stereocenters. The summed E-state index contributed by atoms with van der Waals surface area (Å²) in [5.74, 6) is 0. The van der Waals surface area contributed by atoms with Crippen molar-refractivity contribution in [2.45, 2.75) is 6.54 Å². The minimum absolute atomic E-state index is 0.542. The van der Waals surface area contributed by atoms with Gasteiger partial charge in [0, 0.05) is 22.3 Å². The van der Waals surface area contributed by atoms with Crippen molar-refractivity contribution >= 4 is 52.1 Å². The molecule has 0 bridgehead atoms. The van der Waals surface area contributed by atoms with Gasteiger partial charge in [0.1, 0.15) is 0 Å². The van der Waals surface area contributed by atoms with Gasteiger partial charge in [-0.1, -0.05) is 52.5 Å². The minimum atomic E-state index is 0.542. The molecule has 2 aromatic rings. The van der Waals surface area contributed by atoms with Gasteiger partial charge in [-0.25, -0.2) is 0 Å². The van der Waals surface area contributed by atoms with Crippen LogP contribution in [0.25, 0.3) is 0 Å². The first kappa shape index (κ1) is 13.8. The van der Waals surface area contributed by atoms with Gasteiger partial charge in [0.05, 0.1) is 10.0 Å². The second-order valence-electron chi connectivity index (χ2n) is 3.76. The Morgan fingerprint density at radius 2 is 1.44 bits per heavy atom. The number of benzene rings is 2. The van der Waals surface area contributed by atoms with E-state index in [9.17, 15) is 0 Å². The number of nitrogens with one attached hydrogen (secondary N) is 1. The van der Waals surface area contributed by atoms with Gasteiger partial charge in [0.2, 0.25) is 0 Å². The van der Waals surface area contributed by atoms with Gasteiger partial charge in [-0.3, -0.25) is 0 Å². The Morgan fingerprint density at radius 3 is 2.06 bits per heavy atom. The predicted octanol–water partition coefficient (Wildman–Crippen LogP) is 5.91. The summed E-state index contributed by atoms with van der Waals surface area (Å²) < 4.78 is 0. The van der Waals surface area contributed by atoms with Gasteiger partial charge in [0.25, 0.3) is 0 Å². The lowest BCUT2D eigenvalue weighted by Crippen LogP contribution is -1.99. The molecule has 0 radical (unpaired) electrons. The molecule has 0 fully saturated rings. The fourth-order valence-corrected chi connectivity index (χ4v) is 2.36. The summed E-state index contributed by atoms with van der Waals surface area (Å²) in [7, 11) is 0. The van der Waals surface area contributed by atoms with E-state index in [1.807, 2.05) is 24.3 Å². The highest BCUT2D eigenvalue weighted by Crippen LogP contribution is 2.25. The summed E-state index contributed by atoms with van der Waals surface area (Å²) in [4.78, 5) is 0. The van der Waals surface area contributed by atoms with Gasteiger partial charge >= 0.3 is 0 Å². The maximum absolute atomic E-state index is 5.94. The van der Waals surface area contributed by atoms with Gasteiger partial charge < -0.3 is 5.32 Å². The lowest BCUT2D eigenvalue weighted by atomic mass is 10.2. The predicted molar refractivity (Wildman–Crippen MR) is 80.3 cm³/mol. The van der Waals surface area contributed by atoms with Gasteiger partial charge in [0.15, 0.2) is 0 Å². The largest absolute Gasteiger partial charge is 0.381 e. The van der Waals surface area contributed by atoms with Gasteiger partial charge in [-0.05, 0) is 35.9 Å². The highest BCUT2D eigenvalue weighted by molar-refractivity contribution is 6.42. The average Bonchev–Trinajstić information content (AvgIpc) is 2.29. The molecule has 0 aliphatic rings. The van der Waals surface area contributed by atoms with E-state index in [2.05, 4.69) is 5.32 Å². The molecule has 1 N–H and O–H groups in total. The summed E-state index contributed by atoms with van der Waals surface area (Å²) in [5, 5.41) is 5.50. The van der Waals surface area contributed by atoms with Crippen molar-refractivity contribution in [2.75, 3.05) is 5.32 Å². The van der Waals surface area contributed by atoms with E-state index in [4.69, 9.17) is 46.4 Å². The van der Waals surface area contributed by atoms with Crippen LogP contribution in [0.15, 0.2) is 36.4 Å². The van der Waals surface area contributed by atoms with Crippen LogP contribution in [-0.4, -0.2) is 0 Å². The third-order valence-corrected chi connectivity index (χ3v) is 3.52. The molecule has 0 saturated heterocycles. The Labute approximate surface area is 126 Å². The molecule has 0 atom stereocenters. The van der Waals surface area contributed by atoms with Crippen molar-refractivity contribution in [1.82, 2.24) is 0 Å². The maximum atomic E-state index is 5.94. The number of rotatable bonds is 3. The van der Waals surface area contributed by atoms with E-state index in [1.54, 1.807) is 12.1 Å². The molecule has 0 aliphatic carbocycles. The molecule has 18 heavy (non-hydrogen) atoms. The van der Waals surface area contributed by atoms with Gasteiger partial charge in [-0.2, -0.15) is 0 Å². The molecule has 2 rings (SSSR count). The Bertz CT molecular complexity index is 549. The Hall–Kier alpha value is -0.600. The first-order valence-corrected chi connectivity index (χ1v) is 6.69. The zero-order valence-corrected chi connectivity index (χ0v) is 12.2. The van der Waals surface area contributed by atoms with E-state index >= 15 is 0 Å². The van der Waals surface area contributed by atoms with Gasteiger partial charge in [-0.15, -0.1) is 0 Å². The fourth-order valence-electron chi connectivity index (χ4n) is 1.51. The van der Waals surface area contributed by atoms with Crippen molar-refractivity contribution in [3.8, 4) is 0 Å². The Morgan fingerprint density at radius 1 is 0.778 bits per heavy atom. The summed E-state index contributed by atoms with van der Waals surface area (Å²) in [6, 6.07) is 10.8. The zero-order chi connectivity index (χ0) is 13.1. The third kappa shape index (κ3) is 3.69. The second kappa shape index (κ2) is 6.03. The first-order chi connectivity index (χ1) is 8.54. The van der Waals surface area contributed by atoms with Crippen molar-refractivity contribution in [3.05, 3.63) is 62.1 Å². The molecule has 1 nitrogen and oxygen atoms in total. The van der Waals surface area contributed by atoms with Crippen molar-refractivity contribution in [3.63, 3.8) is 0 Å². The molecular formula is C13H9Cl4N. The van der Waals surface area contributed by atoms with Crippen LogP contribution in [0, 0.1) is 0 Å². The van der Waals surface area contributed by atoms with Crippen LogP contribution in [0.4, 0.5) is 5.69 Å². The molecule has 0 aliphatic heterocycles. The minimum Gasteiger partial charge on any atom is -0.381 e. The molecule has 0 saturated carbocycles. The number of halogens is 4. The number of hydrogen-bond acceptors (Lipinski definition) is 1. The highest BCUT2D eigenvalue weighted by atomic mass is 35.5. The van der Waals surface area contributed by atoms with Crippen molar-refractivity contribution in [2.24, 2.45) is 0 Å². The molecule has 94 valence electrons. The van der Waals surface area contributed by atoms with E-state index in [-0.39, 0.29) is 0 Å². The Balaban J connectivity index is 2.08. The lowest BCUT2D eigenvalue weighted by molar-refractivity contribution is 1.15. The van der Waals surface area contributed by atoms with E-state index in [0.717, 1.165) is 11.3 Å². The topological polar surface area (TPSA) is 12.0 Å². The maximum Gasteiger partial charge on any atom is 0.0595 e. The third-order valence-electron chi connectivity index (χ3n) is 2.34. The first-order valence-electron chi connectivity index (χ1n) is 5.18. The average molecular weight is 321 g/mol. The van der Waals surface area contributed by atoms with Crippen molar-refractivity contribution in [1.29, 1.82) is 0 Å². The van der Waals surface area contributed by atoms with Crippen LogP contribution in [0.1, 0.15) is 5.56 Å². The summed E-state index contributed by atoms with van der Waals surface area (Å²) in [6.07, 6.45) is 0. The zero-order valence-electron chi connectivity index (χ0n) is 9.18. The molecule has 0 aromatic heterocycles. The standard InChI is InChI=1S/C13H9Cl4N/c14-9-4-10(15)6-11(5-9)18-7-8-1-2-12(16)13(17)3-8/h1-6,18H,7H2. The SMILES string of the molecule is Clc1cc(Cl)cc(NCc2ccc(Cl)c(Cl)c2)c1. The molecule has 0 heterocycles. The van der Waals surface area contributed by atoms with E-state index in [1.165, 1.54) is 0 Å². The molecule has 0 spiro atoms. The molecule has 2 aromatic carbocycles. The number of anilines is 1. The van der Waals surface area contributed by atoms with Crippen LogP contribution in [0.5, 0.6) is 0 Å². The van der Waals surface area contributed by atoms with Crippen LogP contribution in [0.3, 0.4) is 0 Å². The molecule has 5 heteroatoms. The normalized spacial score (nSPS) is 10.4. The summed E-state index contributed by atoms with van der Waals surface area (Å²) in [5.41, 5.74) is 1.89. The summed E-state index contributed by atoms with van der Waals surface area (Å²) >= 11 is 23.6. The van der Waals surface area contributed by atoms with E-state index in [0.29, 0.717) is 26.6 Å². The van der Waals surface area contributed by atoms with E-state index < -0.39 is 0 Å². The number of hydrogen-bond donors (Lipinski definition) is 1. The van der Waals surface area contributed by atoms with Crippen LogP contribution >= 0.6 is 46.4 Å². The fraction of sp³-hybridized carbons (Fsp3) is 0.0769. The monoisotopic (exact) mass is 319 g/mol. The van der Waals surface area contributed by atoms with Crippen molar-refractivity contribution < 1.29 is 0 Å². The second-order valence-corrected chi connectivity index (χ2v) is 5.45. The van der Waals surface area contributed by atoms with Crippen LogP contribution in [0.2, 0.25) is 20.1 Å². The smallest absolute Gasteiger partial charge is 0.0595 e. The van der Waals surface area contributed by atoms with Crippen LogP contribution < -0.4 is 5.32 Å². The Kier molecular flexibility index (Phi) is 4.63. The lowest BCUT2D eigenvalue weighted by Gasteiger charge is -2.08. The molecule has 0 amide bonds. The summed E-state index contributed by atoms with van der Waals surface area (Å²) in [6.45, 7) is 0.619. The highest BCUT2D eigenvalue weighted by Gasteiger charge is 2.01. The molecular weight excluding hydrogens is 312 g/mol. The van der Waals surface area contributed by atoms with Crippen LogP contribution in [-0.2, 0) is 6.54 Å².